The van der Waals surface area contributed by atoms with Gasteiger partial charge in [-0.2, -0.15) is 0 Å². The quantitative estimate of drug-likeness (QED) is 0.851. The molecule has 0 unspecified atom stereocenters. The van der Waals surface area contributed by atoms with Crippen LogP contribution in [0.3, 0.4) is 0 Å². The molecule has 0 radical (unpaired) electrons. The third kappa shape index (κ3) is 4.86. The zero-order valence-electron chi connectivity index (χ0n) is 13.5. The molecule has 1 saturated heterocycles. The second kappa shape index (κ2) is 8.00. The third-order valence-corrected chi connectivity index (χ3v) is 4.48. The first-order valence-electron chi connectivity index (χ1n) is 8.23. The first kappa shape index (κ1) is 16.6. The highest BCUT2D eigenvalue weighted by molar-refractivity contribution is 6.33. The van der Waals surface area contributed by atoms with E-state index in [0.29, 0.717) is 6.04 Å². The van der Waals surface area contributed by atoms with Gasteiger partial charge < -0.3 is 10.2 Å². The van der Waals surface area contributed by atoms with Gasteiger partial charge in [-0.05, 0) is 30.4 Å². The van der Waals surface area contributed by atoms with E-state index < -0.39 is 0 Å². The molecule has 0 amide bonds. The third-order valence-electron chi connectivity index (χ3n) is 4.20. The van der Waals surface area contributed by atoms with Crippen LogP contribution in [-0.4, -0.2) is 24.1 Å². The Hall–Kier alpha value is -0.800. The number of pyridine rings is 1. The van der Waals surface area contributed by atoms with Crippen molar-refractivity contribution in [2.45, 2.75) is 59.0 Å². The van der Waals surface area contributed by atoms with Crippen molar-refractivity contribution in [2.75, 3.05) is 18.0 Å². The maximum Gasteiger partial charge on any atom is 0.147 e. The molecule has 1 aromatic rings. The lowest BCUT2D eigenvalue weighted by Gasteiger charge is -2.33. The Bertz CT molecular complexity index is 440. The van der Waals surface area contributed by atoms with E-state index in [0.717, 1.165) is 42.0 Å². The molecule has 3 nitrogen and oxygen atoms in total. The molecule has 2 rings (SSSR count). The van der Waals surface area contributed by atoms with Crippen molar-refractivity contribution in [3.05, 3.63) is 22.8 Å². The van der Waals surface area contributed by atoms with Crippen molar-refractivity contribution in [3.8, 4) is 0 Å². The maximum absolute atomic E-state index is 6.44. The van der Waals surface area contributed by atoms with Crippen LogP contribution in [0.25, 0.3) is 0 Å². The summed E-state index contributed by atoms with van der Waals surface area (Å²) in [6.45, 7) is 9.55. The van der Waals surface area contributed by atoms with Crippen LogP contribution in [-0.2, 0) is 6.54 Å². The summed E-state index contributed by atoms with van der Waals surface area (Å²) in [5.41, 5.74) is 1.15. The van der Waals surface area contributed by atoms with Gasteiger partial charge in [0.2, 0.25) is 0 Å². The molecule has 1 aliphatic heterocycles. The van der Waals surface area contributed by atoms with Gasteiger partial charge in [-0.15, -0.1) is 0 Å². The number of aromatic nitrogens is 1. The molecule has 118 valence electrons. The standard InChI is InChI=1S/C17H28ClN3/c1-4-5-14-6-8-21(9-7-14)17-16(18)10-15(12-20-17)11-19-13(2)3/h10,12-14,19H,4-9,11H2,1-3H3. The van der Waals surface area contributed by atoms with Gasteiger partial charge in [0.1, 0.15) is 5.82 Å². The molecule has 1 N–H and O–H groups in total. The van der Waals surface area contributed by atoms with E-state index in [2.05, 4.69) is 42.0 Å². The minimum Gasteiger partial charge on any atom is -0.355 e. The molecule has 0 saturated carbocycles. The van der Waals surface area contributed by atoms with Crippen LogP contribution >= 0.6 is 11.6 Å². The van der Waals surface area contributed by atoms with Gasteiger partial charge in [0, 0.05) is 31.9 Å². The normalized spacial score (nSPS) is 16.7. The number of nitrogens with zero attached hydrogens (tertiary/aromatic N) is 2. The minimum atomic E-state index is 0.473. The van der Waals surface area contributed by atoms with Crippen molar-refractivity contribution in [2.24, 2.45) is 5.92 Å². The van der Waals surface area contributed by atoms with Crippen molar-refractivity contribution in [3.63, 3.8) is 0 Å². The number of rotatable bonds is 6. The SMILES string of the molecule is CCCC1CCN(c2ncc(CNC(C)C)cc2Cl)CC1. The largest absolute Gasteiger partial charge is 0.355 e. The van der Waals surface area contributed by atoms with E-state index >= 15 is 0 Å². The number of hydrogen-bond acceptors (Lipinski definition) is 3. The highest BCUT2D eigenvalue weighted by atomic mass is 35.5. The van der Waals surface area contributed by atoms with Crippen LogP contribution in [0.1, 0.15) is 52.0 Å². The van der Waals surface area contributed by atoms with Crippen molar-refractivity contribution >= 4 is 17.4 Å². The average molecular weight is 310 g/mol. The number of piperidine rings is 1. The Morgan fingerprint density at radius 1 is 1.38 bits per heavy atom. The van der Waals surface area contributed by atoms with E-state index in [-0.39, 0.29) is 0 Å². The van der Waals surface area contributed by atoms with Crippen molar-refractivity contribution in [1.29, 1.82) is 0 Å². The lowest BCUT2D eigenvalue weighted by Crippen LogP contribution is -2.34. The lowest BCUT2D eigenvalue weighted by atomic mass is 9.92. The fourth-order valence-corrected chi connectivity index (χ4v) is 3.27. The summed E-state index contributed by atoms with van der Waals surface area (Å²) < 4.78 is 0. The van der Waals surface area contributed by atoms with Crippen LogP contribution in [0.2, 0.25) is 5.02 Å². The zero-order valence-corrected chi connectivity index (χ0v) is 14.3. The topological polar surface area (TPSA) is 28.2 Å². The molecular weight excluding hydrogens is 282 g/mol. The fourth-order valence-electron chi connectivity index (χ4n) is 2.96. The second-order valence-electron chi connectivity index (χ2n) is 6.40. The summed E-state index contributed by atoms with van der Waals surface area (Å²) in [5.74, 6) is 1.85. The predicted molar refractivity (Wildman–Crippen MR) is 91.1 cm³/mol. The van der Waals surface area contributed by atoms with Crippen molar-refractivity contribution < 1.29 is 0 Å². The summed E-state index contributed by atoms with van der Waals surface area (Å²) in [5, 5.41) is 4.18. The highest BCUT2D eigenvalue weighted by Crippen LogP contribution is 2.29. The van der Waals surface area contributed by atoms with E-state index in [1.54, 1.807) is 0 Å². The summed E-state index contributed by atoms with van der Waals surface area (Å²) in [6.07, 6.45) is 7.13. The van der Waals surface area contributed by atoms with Gasteiger partial charge in [-0.1, -0.05) is 45.2 Å². The fraction of sp³-hybridized carbons (Fsp3) is 0.706. The Kier molecular flexibility index (Phi) is 6.31. The average Bonchev–Trinajstić information content (AvgIpc) is 2.47. The van der Waals surface area contributed by atoms with E-state index in [9.17, 15) is 0 Å². The minimum absolute atomic E-state index is 0.473. The Labute approximate surface area is 134 Å². The summed E-state index contributed by atoms with van der Waals surface area (Å²) in [7, 11) is 0. The molecule has 0 spiro atoms. The van der Waals surface area contributed by atoms with Crippen LogP contribution in [0.4, 0.5) is 5.82 Å². The molecule has 1 fully saturated rings. The summed E-state index contributed by atoms with van der Waals surface area (Å²) in [4.78, 5) is 6.95. The van der Waals surface area contributed by atoms with Gasteiger partial charge in [0.05, 0.1) is 5.02 Å². The zero-order chi connectivity index (χ0) is 15.2. The van der Waals surface area contributed by atoms with Crippen molar-refractivity contribution in [1.82, 2.24) is 10.3 Å². The van der Waals surface area contributed by atoms with E-state index in [1.807, 2.05) is 6.20 Å². The smallest absolute Gasteiger partial charge is 0.147 e. The molecular formula is C17H28ClN3. The van der Waals surface area contributed by atoms with Crippen LogP contribution in [0, 0.1) is 5.92 Å². The highest BCUT2D eigenvalue weighted by Gasteiger charge is 2.21. The maximum atomic E-state index is 6.44. The van der Waals surface area contributed by atoms with Gasteiger partial charge in [-0.25, -0.2) is 4.98 Å². The van der Waals surface area contributed by atoms with Crippen LogP contribution in [0.15, 0.2) is 12.3 Å². The Balaban J connectivity index is 1.95. The lowest BCUT2D eigenvalue weighted by molar-refractivity contribution is 0.377. The van der Waals surface area contributed by atoms with E-state index in [1.165, 1.54) is 25.7 Å². The number of halogens is 1. The Morgan fingerprint density at radius 3 is 2.67 bits per heavy atom. The molecule has 2 heterocycles. The van der Waals surface area contributed by atoms with Gasteiger partial charge in [0.25, 0.3) is 0 Å². The molecule has 1 aliphatic rings. The van der Waals surface area contributed by atoms with Crippen LogP contribution < -0.4 is 10.2 Å². The number of nitrogens with one attached hydrogen (secondary N) is 1. The summed E-state index contributed by atoms with van der Waals surface area (Å²) in [6, 6.07) is 2.53. The molecule has 0 aliphatic carbocycles. The van der Waals surface area contributed by atoms with Crippen LogP contribution in [0.5, 0.6) is 0 Å². The molecule has 0 bridgehead atoms. The molecule has 1 aromatic heterocycles. The van der Waals surface area contributed by atoms with Gasteiger partial charge in [0.15, 0.2) is 0 Å². The van der Waals surface area contributed by atoms with E-state index in [4.69, 9.17) is 11.6 Å². The number of anilines is 1. The monoisotopic (exact) mass is 309 g/mol. The van der Waals surface area contributed by atoms with Gasteiger partial charge in [-0.3, -0.25) is 0 Å². The predicted octanol–water partition coefficient (Wildman–Crippen LogP) is 4.25. The first-order valence-corrected chi connectivity index (χ1v) is 8.60. The summed E-state index contributed by atoms with van der Waals surface area (Å²) >= 11 is 6.44. The first-order chi connectivity index (χ1) is 10.1. The molecule has 4 heteroatoms. The molecule has 21 heavy (non-hydrogen) atoms. The molecule has 0 atom stereocenters. The Morgan fingerprint density at radius 2 is 2.10 bits per heavy atom. The molecule has 0 aromatic carbocycles. The van der Waals surface area contributed by atoms with Gasteiger partial charge >= 0.3 is 0 Å². The number of hydrogen-bond donors (Lipinski definition) is 1. The second-order valence-corrected chi connectivity index (χ2v) is 6.81.